The zero-order valence-corrected chi connectivity index (χ0v) is 59.4. The van der Waals surface area contributed by atoms with Crippen LogP contribution in [0, 0.1) is 16.7 Å². The number of aromatic nitrogens is 4. The van der Waals surface area contributed by atoms with Crippen molar-refractivity contribution >= 4 is 109 Å². The summed E-state index contributed by atoms with van der Waals surface area (Å²) in [5.74, 6) is -7.90. The van der Waals surface area contributed by atoms with E-state index in [1.54, 1.807) is 31.7 Å². The lowest BCUT2D eigenvalue weighted by Crippen LogP contribution is -2.61. The van der Waals surface area contributed by atoms with Crippen LogP contribution in [0.25, 0.3) is 43.6 Å². The molecule has 0 aliphatic heterocycles. The molecule has 8 aromatic rings. The summed E-state index contributed by atoms with van der Waals surface area (Å²) in [5.41, 5.74) is 40.7. The molecule has 0 unspecified atom stereocenters. The summed E-state index contributed by atoms with van der Waals surface area (Å²) in [7, 11) is 0. The van der Waals surface area contributed by atoms with E-state index in [9.17, 15) is 24.0 Å². The van der Waals surface area contributed by atoms with Gasteiger partial charge in [-0.15, -0.1) is 0 Å². The Morgan fingerprint density at radius 1 is 0.381 bits per heavy atom. The lowest BCUT2D eigenvalue weighted by Gasteiger charge is -2.30. The predicted octanol–water partition coefficient (Wildman–Crippen LogP) is 1.40. The number of carbonyl (C=O) groups excluding carboxylic acids is 9. The summed E-state index contributed by atoms with van der Waals surface area (Å²) in [4.78, 5) is 145. The number of carbonyl (C=O) groups is 9. The number of hydrogen-bond donors (Lipinski definition) is 22. The van der Waals surface area contributed by atoms with Gasteiger partial charge in [0, 0.05) is 107 Å². The van der Waals surface area contributed by atoms with Crippen LogP contribution in [0.5, 0.6) is 0 Å². The van der Waals surface area contributed by atoms with Crippen LogP contribution in [0.1, 0.15) is 107 Å². The van der Waals surface area contributed by atoms with Crippen LogP contribution >= 0.6 is 0 Å². The molecule has 4 heterocycles. The topological polar surface area (TPSA) is 541 Å². The van der Waals surface area contributed by atoms with E-state index in [0.717, 1.165) is 43.6 Å². The van der Waals surface area contributed by atoms with Gasteiger partial charge < -0.3 is 108 Å². The van der Waals surface area contributed by atoms with Gasteiger partial charge in [0.2, 0.25) is 53.2 Å². The Bertz CT molecular complexity index is 4290. The number of para-hydroxylation sites is 4. The van der Waals surface area contributed by atoms with Crippen LogP contribution in [0.15, 0.2) is 122 Å². The van der Waals surface area contributed by atoms with Crippen molar-refractivity contribution in [2.75, 3.05) is 26.2 Å². The smallest absolute Gasteiger partial charge is 0.243 e. The summed E-state index contributed by atoms with van der Waals surface area (Å²) in [5, 5.41) is 46.6. The van der Waals surface area contributed by atoms with Crippen LogP contribution in [0.4, 0.5) is 0 Å². The average Bonchev–Trinajstić information content (AvgIpc) is 1.76. The lowest BCUT2D eigenvalue weighted by atomic mass is 9.96. The summed E-state index contributed by atoms with van der Waals surface area (Å²) >= 11 is 0. The number of aromatic amines is 4. The molecule has 0 aliphatic rings. The van der Waals surface area contributed by atoms with Crippen LogP contribution in [0.2, 0.25) is 0 Å². The second-order valence-corrected chi connectivity index (χ2v) is 26.6. The number of nitrogens with two attached hydrogens (primary N) is 6. The Kier molecular flexibility index (Phi) is 29.8. The first-order valence-electron chi connectivity index (χ1n) is 35.8. The Hall–Kier alpha value is -11.3. The van der Waals surface area contributed by atoms with Gasteiger partial charge in [-0.2, -0.15) is 0 Å². The molecule has 105 heavy (non-hydrogen) atoms. The number of amides is 9. The van der Waals surface area contributed by atoms with Crippen molar-refractivity contribution in [3.63, 3.8) is 0 Å². The monoisotopic (exact) mass is 1440 g/mol. The van der Waals surface area contributed by atoms with E-state index in [1.165, 1.54) is 0 Å². The normalized spacial score (nSPS) is 14.3. The SMILES string of the molecule is CC[C@H](C)[C@H](NC(=O)[C@H](Cc1c[nH]c2ccccc12)NC(=O)[C@H](CCCN)NC(=O)[C@H](Cc1c[nH]c2ccccc12)NC(=O)[C@H](Cc1c[nH]c2ccccc12)NC(=O)[C@H](CCCCNC(=N)N)NC(=O)[C@@H](N)CCCN)C(=O)N[C@@H](CCCCNC(=N)N)C(=O)N[C@@H](Cc1c[nH]c2ccccc12)C(N)=O. The fourth-order valence-electron chi connectivity index (χ4n) is 12.8. The fraction of sp³-hybridized carbons (Fsp3) is 0.419. The van der Waals surface area contributed by atoms with Gasteiger partial charge in [-0.25, -0.2) is 0 Å². The molecule has 0 radical (unpaired) electrons. The largest absolute Gasteiger partial charge is 0.370 e. The second kappa shape index (κ2) is 39.4. The number of guanidine groups is 2. The summed E-state index contributed by atoms with van der Waals surface area (Å²) < 4.78 is 0. The van der Waals surface area contributed by atoms with E-state index in [1.807, 2.05) is 104 Å². The maximum atomic E-state index is 15.4. The molecule has 9 amide bonds. The highest BCUT2D eigenvalue weighted by molar-refractivity contribution is 6.00. The number of unbranched alkanes of at least 4 members (excludes halogenated alkanes) is 2. The number of fused-ring (bicyclic) bond motifs is 4. The highest BCUT2D eigenvalue weighted by atomic mass is 16.2. The summed E-state index contributed by atoms with van der Waals surface area (Å²) in [6.45, 7) is 4.51. The minimum atomic E-state index is -1.46. The van der Waals surface area contributed by atoms with E-state index >= 15 is 19.2 Å². The molecule has 0 saturated carbocycles. The van der Waals surface area contributed by atoms with Crippen molar-refractivity contribution in [1.82, 2.24) is 73.1 Å². The molecule has 0 saturated heterocycles. The van der Waals surface area contributed by atoms with Crippen LogP contribution in [-0.4, -0.2) is 166 Å². The summed E-state index contributed by atoms with van der Waals surface area (Å²) in [6, 6.07) is 17.8. The molecular weight excluding hydrogens is 1340 g/mol. The van der Waals surface area contributed by atoms with Gasteiger partial charge in [0.25, 0.3) is 0 Å². The Morgan fingerprint density at radius 3 is 1.03 bits per heavy atom. The zero-order chi connectivity index (χ0) is 75.5. The highest BCUT2D eigenvalue weighted by Crippen LogP contribution is 2.25. The van der Waals surface area contributed by atoms with Crippen LogP contribution < -0.4 is 87.6 Å². The van der Waals surface area contributed by atoms with Gasteiger partial charge in [-0.3, -0.25) is 54.0 Å². The Morgan fingerprint density at radius 2 is 0.676 bits per heavy atom. The van der Waals surface area contributed by atoms with Gasteiger partial charge in [-0.05, 0) is 130 Å². The van der Waals surface area contributed by atoms with Crippen molar-refractivity contribution in [2.45, 2.75) is 165 Å². The second-order valence-electron chi connectivity index (χ2n) is 26.6. The van der Waals surface area contributed by atoms with Gasteiger partial charge in [0.15, 0.2) is 11.9 Å². The number of nitrogens with one attached hydrogen (secondary N) is 16. The first-order valence-corrected chi connectivity index (χ1v) is 35.8. The molecule has 28 N–H and O–H groups in total. The average molecular weight is 1440 g/mol. The number of rotatable bonds is 43. The van der Waals surface area contributed by atoms with Gasteiger partial charge in [-0.1, -0.05) is 93.1 Å². The van der Waals surface area contributed by atoms with Crippen molar-refractivity contribution in [1.29, 1.82) is 10.8 Å². The first-order chi connectivity index (χ1) is 50.5. The molecule has 31 heteroatoms. The van der Waals surface area contributed by atoms with Crippen molar-refractivity contribution < 1.29 is 43.2 Å². The maximum Gasteiger partial charge on any atom is 0.243 e. The third-order valence-corrected chi connectivity index (χ3v) is 18.9. The Labute approximate surface area is 608 Å². The molecule has 0 fully saturated rings. The molecule has 562 valence electrons. The van der Waals surface area contributed by atoms with E-state index in [0.29, 0.717) is 67.3 Å². The van der Waals surface area contributed by atoms with Crippen molar-refractivity contribution in [3.05, 3.63) is 144 Å². The maximum absolute atomic E-state index is 15.4. The van der Waals surface area contributed by atoms with Gasteiger partial charge in [0.05, 0.1) is 6.04 Å². The summed E-state index contributed by atoms with van der Waals surface area (Å²) in [6.07, 6.45) is 9.42. The molecule has 31 nitrogen and oxygen atoms in total. The molecule has 8 rings (SSSR count). The van der Waals surface area contributed by atoms with Gasteiger partial charge in [0.1, 0.15) is 48.3 Å². The number of primary amides is 1. The fourth-order valence-corrected chi connectivity index (χ4v) is 12.8. The molecule has 4 aromatic heterocycles. The third-order valence-electron chi connectivity index (χ3n) is 18.9. The minimum absolute atomic E-state index is 0.0284. The zero-order valence-electron chi connectivity index (χ0n) is 59.4. The first kappa shape index (κ1) is 79.4. The van der Waals surface area contributed by atoms with E-state index in [4.69, 9.17) is 45.2 Å². The molecule has 0 aliphatic carbocycles. The van der Waals surface area contributed by atoms with E-state index in [2.05, 4.69) is 73.1 Å². The predicted molar refractivity (Wildman–Crippen MR) is 404 cm³/mol. The lowest BCUT2D eigenvalue weighted by molar-refractivity contribution is -0.136. The standard InChI is InChI=1S/C74H102N22O9/c1-3-42(2)63(72(105)91-57(28-13-15-33-84-74(81)82)66(99)92-59(64(78)97)34-43-38-85-52-23-8-4-18-47(43)52)96-71(104)62(37-46-41-88-55-26-11-7-21-50(46)55)94-68(101)58(29-17-31-76)90-69(102)60(35-44-39-86-53-24-9-5-19-48(44)53)95-70(103)61(36-45-40-87-54-25-10-6-20-49(45)54)93-67(100)56(27-12-14-32-83-73(79)80)89-65(98)51(77)22-16-30-75/h4-11,18-21,23-26,38-42,51,56-63,85-88H,3,12-17,22,27-37,75-77H2,1-2H3,(H2,78,97)(H,89,98)(H,90,102)(H,91,105)(H,92,99)(H,93,100)(H,94,101)(H,95,103)(H,96,104)(H4,79,80,83)(H4,81,82,84)/t42-,51-,56-,57-,58-,59-,60-,61-,62-,63-/m0/s1. The number of hydrogen-bond acceptors (Lipinski definition) is 14. The van der Waals surface area contributed by atoms with Gasteiger partial charge >= 0.3 is 0 Å². The minimum Gasteiger partial charge on any atom is -0.370 e. The highest BCUT2D eigenvalue weighted by Gasteiger charge is 2.37. The third kappa shape index (κ3) is 22.8. The van der Waals surface area contributed by atoms with Crippen LogP contribution in [-0.2, 0) is 68.8 Å². The van der Waals surface area contributed by atoms with E-state index < -0.39 is 113 Å². The van der Waals surface area contributed by atoms with Crippen molar-refractivity contribution in [2.24, 2.45) is 40.3 Å². The van der Waals surface area contributed by atoms with E-state index in [-0.39, 0.29) is 89.3 Å². The number of H-pyrrole nitrogens is 4. The Balaban J connectivity index is 1.08. The van der Waals surface area contributed by atoms with Crippen LogP contribution in [0.3, 0.4) is 0 Å². The van der Waals surface area contributed by atoms with Crippen molar-refractivity contribution in [3.8, 4) is 0 Å². The number of benzene rings is 4. The molecule has 0 bridgehead atoms. The quantitative estimate of drug-likeness (QED) is 0.0146. The molecule has 0 spiro atoms. The molecule has 10 atom stereocenters. The molecular formula is C74H102N22O9. The molecule has 4 aromatic carbocycles.